The highest BCUT2D eigenvalue weighted by atomic mass is 32.2. The fourth-order valence-corrected chi connectivity index (χ4v) is 4.04. The highest BCUT2D eigenvalue weighted by molar-refractivity contribution is 7.90. The Hall–Kier alpha value is -3.32. The third-order valence-corrected chi connectivity index (χ3v) is 5.24. The summed E-state index contributed by atoms with van der Waals surface area (Å²) in [7, 11) is -1.95. The molecule has 3 rings (SSSR count). The number of hydrogen-bond acceptors (Lipinski definition) is 6. The summed E-state index contributed by atoms with van der Waals surface area (Å²) in [6.07, 6.45) is 2.45. The number of imidazole rings is 1. The van der Waals surface area contributed by atoms with Gasteiger partial charge in [-0.3, -0.25) is 4.57 Å². The van der Waals surface area contributed by atoms with Gasteiger partial charge in [0.1, 0.15) is 9.84 Å². The van der Waals surface area contributed by atoms with Crippen molar-refractivity contribution in [3.8, 4) is 11.5 Å². The average Bonchev–Trinajstić information content (AvgIpc) is 3.00. The number of ether oxygens (including phenoxy) is 2. The summed E-state index contributed by atoms with van der Waals surface area (Å²) < 4.78 is 36.5. The number of aromatic amines is 1. The third kappa shape index (κ3) is 4.25. The number of nitrogens with one attached hydrogen (secondary N) is 1. The van der Waals surface area contributed by atoms with Crippen LogP contribution in [0, 0.1) is 6.57 Å². The smallest absolute Gasteiger partial charge is 0.328 e. The van der Waals surface area contributed by atoms with Gasteiger partial charge in [-0.25, -0.2) is 23.0 Å². The SMILES string of the molecule is [C-]#[N+]c1cnc2c(c1)[nH]c(=O)n2[C@H](CS(C)(=O)=O)c1ccc(OC)c(OCC)c1. The molecule has 0 saturated carbocycles. The number of methoxy groups -OCH3 is 1. The minimum Gasteiger partial charge on any atom is -0.493 e. The van der Waals surface area contributed by atoms with Gasteiger partial charge in [0.2, 0.25) is 5.69 Å². The molecule has 1 atom stereocenters. The van der Waals surface area contributed by atoms with Gasteiger partial charge < -0.3 is 14.5 Å². The molecule has 2 heterocycles. The standard InChI is InChI=1S/C19H20N4O5S/c1-5-28-17-8-12(6-7-16(17)27-3)15(11-29(4,25)26)23-18-14(22-19(23)24)9-13(20-2)10-21-18/h6-10,15H,5,11H2,1,3-4H3,(H,22,24)/t15-/m1/s1. The van der Waals surface area contributed by atoms with Crippen LogP contribution in [0.25, 0.3) is 16.0 Å². The van der Waals surface area contributed by atoms with Crippen molar-refractivity contribution >= 4 is 26.7 Å². The monoisotopic (exact) mass is 416 g/mol. The fraction of sp³-hybridized carbons (Fsp3) is 0.316. The molecule has 9 nitrogen and oxygen atoms in total. The van der Waals surface area contributed by atoms with E-state index in [-0.39, 0.29) is 17.1 Å². The van der Waals surface area contributed by atoms with Gasteiger partial charge in [-0.15, -0.1) is 0 Å². The van der Waals surface area contributed by atoms with Crippen molar-refractivity contribution in [1.82, 2.24) is 14.5 Å². The summed E-state index contributed by atoms with van der Waals surface area (Å²) in [5, 5.41) is 0. The molecule has 0 aliphatic rings. The van der Waals surface area contributed by atoms with E-state index in [1.54, 1.807) is 18.2 Å². The molecule has 152 valence electrons. The van der Waals surface area contributed by atoms with Crippen molar-refractivity contribution in [2.75, 3.05) is 25.7 Å². The number of benzene rings is 1. The minimum atomic E-state index is -3.46. The molecule has 0 saturated heterocycles. The summed E-state index contributed by atoms with van der Waals surface area (Å²) in [6.45, 7) is 9.32. The predicted molar refractivity (Wildman–Crippen MR) is 109 cm³/mol. The van der Waals surface area contributed by atoms with E-state index >= 15 is 0 Å². The lowest BCUT2D eigenvalue weighted by atomic mass is 10.1. The minimum absolute atomic E-state index is 0.268. The number of rotatable bonds is 7. The lowest BCUT2D eigenvalue weighted by Gasteiger charge is -2.20. The summed E-state index contributed by atoms with van der Waals surface area (Å²) in [5.74, 6) is 0.631. The normalized spacial score (nSPS) is 12.5. The number of fused-ring (bicyclic) bond motifs is 1. The van der Waals surface area contributed by atoms with Crippen molar-refractivity contribution in [2.24, 2.45) is 0 Å². The first-order valence-corrected chi connectivity index (χ1v) is 10.8. The molecule has 0 aliphatic carbocycles. The Labute approximate surface area is 167 Å². The Bertz CT molecular complexity index is 1250. The van der Waals surface area contributed by atoms with Crippen molar-refractivity contribution in [1.29, 1.82) is 0 Å². The van der Waals surface area contributed by atoms with E-state index < -0.39 is 21.6 Å². The molecule has 1 aromatic carbocycles. The van der Waals surface area contributed by atoms with Crippen molar-refractivity contribution in [2.45, 2.75) is 13.0 Å². The van der Waals surface area contributed by atoms with Crippen LogP contribution < -0.4 is 15.2 Å². The Morgan fingerprint density at radius 3 is 2.69 bits per heavy atom. The first-order valence-electron chi connectivity index (χ1n) is 8.73. The number of aromatic nitrogens is 3. The molecule has 2 aromatic heterocycles. The molecule has 0 bridgehead atoms. The van der Waals surface area contributed by atoms with E-state index in [9.17, 15) is 13.2 Å². The molecule has 0 spiro atoms. The average molecular weight is 416 g/mol. The first-order chi connectivity index (χ1) is 13.8. The van der Waals surface area contributed by atoms with Crippen LogP contribution in [0.1, 0.15) is 18.5 Å². The van der Waals surface area contributed by atoms with Crippen LogP contribution in [0.3, 0.4) is 0 Å². The van der Waals surface area contributed by atoms with Gasteiger partial charge in [0.05, 0.1) is 37.6 Å². The van der Waals surface area contributed by atoms with Crippen LogP contribution in [0.2, 0.25) is 0 Å². The number of nitrogens with zero attached hydrogens (tertiary/aromatic N) is 3. The van der Waals surface area contributed by atoms with Crippen molar-refractivity contribution in [3.63, 3.8) is 0 Å². The number of pyridine rings is 1. The van der Waals surface area contributed by atoms with Crippen LogP contribution >= 0.6 is 0 Å². The Morgan fingerprint density at radius 2 is 2.07 bits per heavy atom. The van der Waals surface area contributed by atoms with E-state index in [4.69, 9.17) is 16.0 Å². The molecule has 10 heteroatoms. The van der Waals surface area contributed by atoms with E-state index in [2.05, 4.69) is 14.8 Å². The second-order valence-electron chi connectivity index (χ2n) is 6.43. The maximum absolute atomic E-state index is 12.7. The summed E-state index contributed by atoms with van der Waals surface area (Å²) in [6, 6.07) is 5.68. The number of hydrogen-bond donors (Lipinski definition) is 1. The quantitative estimate of drug-likeness (QED) is 0.592. The predicted octanol–water partition coefficient (Wildman–Crippen LogP) is 2.32. The van der Waals surface area contributed by atoms with Crippen LogP contribution in [0.15, 0.2) is 35.3 Å². The fourth-order valence-electron chi connectivity index (χ4n) is 3.13. The molecule has 29 heavy (non-hydrogen) atoms. The molecule has 3 aromatic rings. The van der Waals surface area contributed by atoms with E-state index in [0.717, 1.165) is 6.26 Å². The van der Waals surface area contributed by atoms with Crippen LogP contribution in [-0.2, 0) is 9.84 Å². The Balaban J connectivity index is 2.24. The molecular formula is C19H20N4O5S. The van der Waals surface area contributed by atoms with Gasteiger partial charge in [-0.1, -0.05) is 6.07 Å². The molecular weight excluding hydrogens is 396 g/mol. The Morgan fingerprint density at radius 1 is 1.31 bits per heavy atom. The molecule has 0 radical (unpaired) electrons. The zero-order valence-corrected chi connectivity index (χ0v) is 17.0. The molecule has 0 amide bonds. The van der Waals surface area contributed by atoms with Crippen molar-refractivity contribution < 1.29 is 17.9 Å². The highest BCUT2D eigenvalue weighted by Crippen LogP contribution is 2.32. The molecule has 1 N–H and O–H groups in total. The second kappa shape index (κ2) is 7.97. The topological polar surface area (TPSA) is 108 Å². The highest BCUT2D eigenvalue weighted by Gasteiger charge is 2.25. The van der Waals surface area contributed by atoms with Crippen LogP contribution in [-0.4, -0.2) is 48.7 Å². The van der Waals surface area contributed by atoms with E-state index in [1.165, 1.54) is 23.9 Å². The lowest BCUT2D eigenvalue weighted by molar-refractivity contribution is 0.310. The van der Waals surface area contributed by atoms with Gasteiger partial charge in [0, 0.05) is 12.5 Å². The number of sulfone groups is 1. The summed E-state index contributed by atoms with van der Waals surface area (Å²) in [4.78, 5) is 22.9. The maximum atomic E-state index is 12.7. The maximum Gasteiger partial charge on any atom is 0.328 e. The van der Waals surface area contributed by atoms with Crippen LogP contribution in [0.5, 0.6) is 11.5 Å². The largest absolute Gasteiger partial charge is 0.493 e. The zero-order chi connectivity index (χ0) is 21.2. The van der Waals surface area contributed by atoms with E-state index in [0.29, 0.717) is 29.2 Å². The van der Waals surface area contributed by atoms with Crippen LogP contribution in [0.4, 0.5) is 5.69 Å². The van der Waals surface area contributed by atoms with Gasteiger partial charge in [-0.2, -0.15) is 0 Å². The van der Waals surface area contributed by atoms with Gasteiger partial charge in [0.15, 0.2) is 17.1 Å². The van der Waals surface area contributed by atoms with E-state index in [1.807, 2.05) is 6.92 Å². The molecule has 0 unspecified atom stereocenters. The summed E-state index contributed by atoms with van der Waals surface area (Å²) in [5.41, 5.74) is 0.940. The number of H-pyrrole nitrogens is 1. The third-order valence-electron chi connectivity index (χ3n) is 4.31. The zero-order valence-electron chi connectivity index (χ0n) is 16.2. The van der Waals surface area contributed by atoms with Gasteiger partial charge in [-0.05, 0) is 30.7 Å². The lowest BCUT2D eigenvalue weighted by Crippen LogP contribution is -2.28. The molecule has 0 aliphatic heterocycles. The first kappa shape index (κ1) is 20.4. The molecule has 0 fully saturated rings. The second-order valence-corrected chi connectivity index (χ2v) is 8.61. The van der Waals surface area contributed by atoms with Gasteiger partial charge >= 0.3 is 5.69 Å². The summed E-state index contributed by atoms with van der Waals surface area (Å²) >= 11 is 0. The van der Waals surface area contributed by atoms with Gasteiger partial charge in [0.25, 0.3) is 0 Å². The van der Waals surface area contributed by atoms with Crippen molar-refractivity contribution in [3.05, 3.63) is 57.9 Å². The Kier molecular flexibility index (Phi) is 5.61.